The third-order valence-corrected chi connectivity index (χ3v) is 6.12. The number of hydrogen-bond acceptors (Lipinski definition) is 7. The molecule has 1 aliphatic rings. The summed E-state index contributed by atoms with van der Waals surface area (Å²) in [6.45, 7) is 0.625. The average Bonchev–Trinajstić information content (AvgIpc) is 3.10. The predicted molar refractivity (Wildman–Crippen MR) is 107 cm³/mol. The fourth-order valence-electron chi connectivity index (χ4n) is 2.94. The third kappa shape index (κ3) is 3.64. The number of aromatic nitrogens is 5. The summed E-state index contributed by atoms with van der Waals surface area (Å²) < 4.78 is 14.4. The molecule has 3 aromatic heterocycles. The molecule has 1 aromatic carbocycles. The van der Waals surface area contributed by atoms with Crippen LogP contribution in [0.15, 0.2) is 61.1 Å². The maximum atomic E-state index is 5.84. The van der Waals surface area contributed by atoms with E-state index in [9.17, 15) is 0 Å². The zero-order chi connectivity index (χ0) is 18.9. The molecular formula is C19H16BrN5O2S. The number of halogens is 1. The summed E-state index contributed by atoms with van der Waals surface area (Å²) in [5.41, 5.74) is 0.878. The Hall–Kier alpha value is -2.39. The van der Waals surface area contributed by atoms with E-state index in [1.807, 2.05) is 36.4 Å². The lowest BCUT2D eigenvalue weighted by Gasteiger charge is -2.07. The molecule has 3 heterocycles. The van der Waals surface area contributed by atoms with Gasteiger partial charge >= 0.3 is 0 Å². The zero-order valence-corrected chi connectivity index (χ0v) is 17.2. The van der Waals surface area contributed by atoms with Crippen LogP contribution in [0, 0.1) is 0 Å². The average molecular weight is 458 g/mol. The van der Waals surface area contributed by atoms with Gasteiger partial charge in [0.15, 0.2) is 5.16 Å². The van der Waals surface area contributed by atoms with E-state index in [1.54, 1.807) is 18.0 Å². The van der Waals surface area contributed by atoms with Crippen LogP contribution in [-0.4, -0.2) is 25.0 Å². The van der Waals surface area contributed by atoms with Gasteiger partial charge in [0.25, 0.3) is 0 Å². The van der Waals surface area contributed by atoms with Crippen molar-refractivity contribution < 1.29 is 8.83 Å². The fourth-order valence-corrected chi connectivity index (χ4v) is 4.18. The van der Waals surface area contributed by atoms with Crippen LogP contribution >= 0.6 is 27.7 Å². The normalized spacial score (nSPS) is 13.9. The summed E-state index contributed by atoms with van der Waals surface area (Å²) in [5, 5.41) is 18.0. The van der Waals surface area contributed by atoms with Crippen molar-refractivity contribution >= 4 is 27.7 Å². The minimum Gasteiger partial charge on any atom is -0.467 e. The van der Waals surface area contributed by atoms with Gasteiger partial charge in [-0.1, -0.05) is 23.9 Å². The number of benzene rings is 1. The molecule has 0 amide bonds. The van der Waals surface area contributed by atoms with Gasteiger partial charge in [0.1, 0.15) is 11.6 Å². The molecular weight excluding hydrogens is 442 g/mol. The highest BCUT2D eigenvalue weighted by Gasteiger charge is 2.30. The molecule has 28 heavy (non-hydrogen) atoms. The Labute approximate surface area is 173 Å². The summed E-state index contributed by atoms with van der Waals surface area (Å²) in [6, 6.07) is 11.6. The first kappa shape index (κ1) is 17.7. The molecule has 142 valence electrons. The highest BCUT2D eigenvalue weighted by atomic mass is 79.9. The summed E-state index contributed by atoms with van der Waals surface area (Å²) in [5.74, 6) is 3.99. The molecule has 5 rings (SSSR count). The van der Waals surface area contributed by atoms with Crippen LogP contribution in [-0.2, 0) is 12.3 Å². The Morgan fingerprint density at radius 3 is 2.75 bits per heavy atom. The van der Waals surface area contributed by atoms with Gasteiger partial charge in [-0.05, 0) is 53.0 Å². The predicted octanol–water partition coefficient (Wildman–Crippen LogP) is 4.90. The Bertz CT molecular complexity index is 1090. The molecule has 4 aromatic rings. The van der Waals surface area contributed by atoms with Crippen molar-refractivity contribution in [2.45, 2.75) is 36.2 Å². The lowest BCUT2D eigenvalue weighted by atomic mass is 10.2. The zero-order valence-electron chi connectivity index (χ0n) is 14.8. The second-order valence-corrected chi connectivity index (χ2v) is 8.35. The summed E-state index contributed by atoms with van der Waals surface area (Å²) in [4.78, 5) is 0. The molecule has 0 spiro atoms. The van der Waals surface area contributed by atoms with E-state index in [0.717, 1.165) is 26.8 Å². The van der Waals surface area contributed by atoms with Crippen molar-refractivity contribution in [1.82, 2.24) is 25.0 Å². The summed E-state index contributed by atoms with van der Waals surface area (Å²) >= 11 is 5.05. The van der Waals surface area contributed by atoms with Crippen LogP contribution in [0.4, 0.5) is 0 Å². The van der Waals surface area contributed by atoms with Crippen LogP contribution in [0.3, 0.4) is 0 Å². The van der Waals surface area contributed by atoms with Crippen molar-refractivity contribution in [2.24, 2.45) is 0 Å². The highest BCUT2D eigenvalue weighted by Crippen LogP contribution is 2.40. The quantitative estimate of drug-likeness (QED) is 0.364. The van der Waals surface area contributed by atoms with Crippen LogP contribution in [0.5, 0.6) is 0 Å². The van der Waals surface area contributed by atoms with E-state index in [2.05, 4.69) is 40.9 Å². The van der Waals surface area contributed by atoms with E-state index in [1.165, 1.54) is 12.8 Å². The molecule has 1 aliphatic carbocycles. The van der Waals surface area contributed by atoms with E-state index >= 15 is 0 Å². The standard InChI is InChI=1S/C19H16BrN5O2S/c20-15-6-2-1-5-14(15)18-23-21-16(27-18)11-28-19-24-22-17(12-7-8-12)25(19)10-13-4-3-9-26-13/h1-6,9,12H,7-8,10-11H2. The van der Waals surface area contributed by atoms with Gasteiger partial charge in [0, 0.05) is 10.4 Å². The van der Waals surface area contributed by atoms with Crippen molar-refractivity contribution in [2.75, 3.05) is 0 Å². The van der Waals surface area contributed by atoms with E-state index in [4.69, 9.17) is 8.83 Å². The maximum Gasteiger partial charge on any atom is 0.248 e. The van der Waals surface area contributed by atoms with Gasteiger partial charge in [0.2, 0.25) is 11.8 Å². The number of thioether (sulfide) groups is 1. The fraction of sp³-hybridized carbons (Fsp3) is 0.263. The molecule has 7 nitrogen and oxygen atoms in total. The number of hydrogen-bond donors (Lipinski definition) is 0. The van der Waals surface area contributed by atoms with Crippen molar-refractivity contribution in [3.05, 3.63) is 64.6 Å². The molecule has 1 fully saturated rings. The Balaban J connectivity index is 1.34. The largest absolute Gasteiger partial charge is 0.467 e. The second-order valence-electron chi connectivity index (χ2n) is 6.55. The minimum atomic E-state index is 0.499. The molecule has 0 aliphatic heterocycles. The second kappa shape index (κ2) is 7.56. The number of furan rings is 1. The summed E-state index contributed by atoms with van der Waals surface area (Å²) in [7, 11) is 0. The minimum absolute atomic E-state index is 0.499. The highest BCUT2D eigenvalue weighted by molar-refractivity contribution is 9.10. The first-order valence-electron chi connectivity index (χ1n) is 8.93. The number of rotatable bonds is 7. The van der Waals surface area contributed by atoms with Crippen LogP contribution in [0.1, 0.15) is 36.2 Å². The van der Waals surface area contributed by atoms with Crippen molar-refractivity contribution in [3.8, 4) is 11.5 Å². The lowest BCUT2D eigenvalue weighted by Crippen LogP contribution is -2.05. The van der Waals surface area contributed by atoms with E-state index < -0.39 is 0 Å². The van der Waals surface area contributed by atoms with E-state index in [-0.39, 0.29) is 0 Å². The Morgan fingerprint density at radius 2 is 1.96 bits per heavy atom. The van der Waals surface area contributed by atoms with Crippen molar-refractivity contribution in [3.63, 3.8) is 0 Å². The molecule has 0 radical (unpaired) electrons. The topological polar surface area (TPSA) is 82.8 Å². The monoisotopic (exact) mass is 457 g/mol. The molecule has 0 saturated heterocycles. The lowest BCUT2D eigenvalue weighted by molar-refractivity contribution is 0.478. The molecule has 0 N–H and O–H groups in total. The van der Waals surface area contributed by atoms with E-state index in [0.29, 0.717) is 30.0 Å². The molecule has 9 heteroatoms. The van der Waals surface area contributed by atoms with Gasteiger partial charge in [0.05, 0.1) is 24.1 Å². The van der Waals surface area contributed by atoms with Gasteiger partial charge in [-0.15, -0.1) is 20.4 Å². The molecule has 0 unspecified atom stereocenters. The summed E-state index contributed by atoms with van der Waals surface area (Å²) in [6.07, 6.45) is 4.02. The number of nitrogens with zero attached hydrogens (tertiary/aromatic N) is 5. The SMILES string of the molecule is Brc1ccccc1-c1nnc(CSc2nnc(C3CC3)n2Cc2ccco2)o1. The van der Waals surface area contributed by atoms with Gasteiger partial charge in [-0.2, -0.15) is 0 Å². The Kier molecular flexibility index (Phi) is 4.77. The first-order chi connectivity index (χ1) is 13.8. The van der Waals surface area contributed by atoms with Crippen molar-refractivity contribution in [1.29, 1.82) is 0 Å². The van der Waals surface area contributed by atoms with Gasteiger partial charge in [-0.25, -0.2) is 0 Å². The third-order valence-electron chi connectivity index (χ3n) is 4.48. The maximum absolute atomic E-state index is 5.84. The smallest absolute Gasteiger partial charge is 0.248 e. The van der Waals surface area contributed by atoms with Gasteiger partial charge < -0.3 is 8.83 Å². The molecule has 0 bridgehead atoms. The molecule has 0 atom stereocenters. The Morgan fingerprint density at radius 1 is 1.07 bits per heavy atom. The molecule has 1 saturated carbocycles. The van der Waals surface area contributed by atoms with Crippen LogP contribution in [0.25, 0.3) is 11.5 Å². The van der Waals surface area contributed by atoms with Crippen LogP contribution in [0.2, 0.25) is 0 Å². The van der Waals surface area contributed by atoms with Gasteiger partial charge in [-0.3, -0.25) is 4.57 Å². The van der Waals surface area contributed by atoms with Crippen LogP contribution < -0.4 is 0 Å². The first-order valence-corrected chi connectivity index (χ1v) is 10.7.